The number of hydrogen-bond acceptors (Lipinski definition) is 5. The molecule has 23 heavy (non-hydrogen) atoms. The Bertz CT molecular complexity index is 659. The van der Waals surface area contributed by atoms with Gasteiger partial charge in [0.05, 0.1) is 21.3 Å². The maximum atomic E-state index is 5.66. The van der Waals surface area contributed by atoms with Crippen molar-refractivity contribution < 1.29 is 14.2 Å². The summed E-state index contributed by atoms with van der Waals surface area (Å²) in [5.74, 6) is 2.21. The Labute approximate surface area is 137 Å². The van der Waals surface area contributed by atoms with Crippen molar-refractivity contribution in [3.8, 4) is 28.4 Å². The third-order valence-corrected chi connectivity index (χ3v) is 3.94. The summed E-state index contributed by atoms with van der Waals surface area (Å²) in [5, 5.41) is 0. The van der Waals surface area contributed by atoms with Crippen molar-refractivity contribution in [2.75, 3.05) is 27.9 Å². The van der Waals surface area contributed by atoms with Crippen LogP contribution in [0.4, 0.5) is 0 Å². The monoisotopic (exact) mass is 316 g/mol. The second-order valence-electron chi connectivity index (χ2n) is 5.37. The summed E-state index contributed by atoms with van der Waals surface area (Å²) in [7, 11) is 4.82. The van der Waals surface area contributed by atoms with Gasteiger partial charge in [-0.25, -0.2) is 0 Å². The molecular weight excluding hydrogens is 292 g/mol. The van der Waals surface area contributed by atoms with Crippen LogP contribution in [-0.2, 0) is 0 Å². The highest BCUT2D eigenvalue weighted by molar-refractivity contribution is 5.76. The van der Waals surface area contributed by atoms with Gasteiger partial charge < -0.3 is 19.9 Å². The Balaban J connectivity index is 2.52. The number of benzene rings is 1. The number of ether oxygens (including phenoxy) is 3. The SMILES string of the molecule is COc1ccc(-c2cncc(C(C)CCN)c2)c(OC)c1OC. The first kappa shape index (κ1) is 17.1. The molecule has 2 rings (SSSR count). The predicted octanol–water partition coefficient (Wildman–Crippen LogP) is 3.23. The fraction of sp³-hybridized carbons (Fsp3) is 0.389. The quantitative estimate of drug-likeness (QED) is 0.849. The normalized spacial score (nSPS) is 11.9. The molecule has 5 nitrogen and oxygen atoms in total. The summed E-state index contributed by atoms with van der Waals surface area (Å²) < 4.78 is 16.3. The highest BCUT2D eigenvalue weighted by atomic mass is 16.5. The van der Waals surface area contributed by atoms with Crippen molar-refractivity contribution in [1.82, 2.24) is 4.98 Å². The van der Waals surface area contributed by atoms with Crippen LogP contribution >= 0.6 is 0 Å². The van der Waals surface area contributed by atoms with E-state index in [-0.39, 0.29) is 0 Å². The third-order valence-electron chi connectivity index (χ3n) is 3.94. The molecule has 0 radical (unpaired) electrons. The maximum absolute atomic E-state index is 5.66. The molecule has 0 bridgehead atoms. The van der Waals surface area contributed by atoms with E-state index in [1.807, 2.05) is 24.5 Å². The van der Waals surface area contributed by atoms with E-state index >= 15 is 0 Å². The molecule has 0 aliphatic carbocycles. The van der Waals surface area contributed by atoms with Crippen LogP contribution in [0.1, 0.15) is 24.8 Å². The molecule has 0 aliphatic rings. The molecule has 1 heterocycles. The Kier molecular flexibility index (Phi) is 5.82. The van der Waals surface area contributed by atoms with E-state index in [1.165, 1.54) is 0 Å². The van der Waals surface area contributed by atoms with E-state index in [0.717, 1.165) is 23.1 Å². The smallest absolute Gasteiger partial charge is 0.203 e. The third kappa shape index (κ3) is 3.56. The summed E-state index contributed by atoms with van der Waals surface area (Å²) >= 11 is 0. The van der Waals surface area contributed by atoms with Crippen molar-refractivity contribution in [2.24, 2.45) is 5.73 Å². The first-order valence-electron chi connectivity index (χ1n) is 7.60. The van der Waals surface area contributed by atoms with E-state index in [2.05, 4.69) is 18.0 Å². The van der Waals surface area contributed by atoms with Crippen LogP contribution in [0.25, 0.3) is 11.1 Å². The lowest BCUT2D eigenvalue weighted by molar-refractivity contribution is 0.325. The Morgan fingerprint density at radius 2 is 1.78 bits per heavy atom. The molecule has 1 aromatic carbocycles. The first-order chi connectivity index (χ1) is 11.2. The number of pyridine rings is 1. The lowest BCUT2D eigenvalue weighted by atomic mass is 9.96. The first-order valence-corrected chi connectivity index (χ1v) is 7.60. The summed E-state index contributed by atoms with van der Waals surface area (Å²) in [5.41, 5.74) is 8.71. The molecule has 1 aromatic heterocycles. The van der Waals surface area contributed by atoms with Crippen LogP contribution < -0.4 is 19.9 Å². The van der Waals surface area contributed by atoms with Gasteiger partial charge in [0.2, 0.25) is 5.75 Å². The Morgan fingerprint density at radius 1 is 1.04 bits per heavy atom. The van der Waals surface area contributed by atoms with Crippen LogP contribution in [0.15, 0.2) is 30.6 Å². The van der Waals surface area contributed by atoms with Gasteiger partial charge in [0.1, 0.15) is 0 Å². The van der Waals surface area contributed by atoms with Gasteiger partial charge in [-0.1, -0.05) is 6.92 Å². The van der Waals surface area contributed by atoms with Gasteiger partial charge in [0.15, 0.2) is 11.5 Å². The van der Waals surface area contributed by atoms with Crippen LogP contribution in [0.2, 0.25) is 0 Å². The molecule has 2 N–H and O–H groups in total. The number of hydrogen-bond donors (Lipinski definition) is 1. The standard InChI is InChI=1S/C18H24N2O3/c1-12(7-8-19)13-9-14(11-20-10-13)15-5-6-16(21-2)18(23-4)17(15)22-3/h5-6,9-12H,7-8,19H2,1-4H3. The molecule has 0 amide bonds. The number of aromatic nitrogens is 1. The van der Waals surface area contributed by atoms with Crippen molar-refractivity contribution in [2.45, 2.75) is 19.3 Å². The summed E-state index contributed by atoms with van der Waals surface area (Å²) in [6.45, 7) is 2.81. The summed E-state index contributed by atoms with van der Waals surface area (Å²) in [6, 6.07) is 5.94. The zero-order chi connectivity index (χ0) is 16.8. The number of nitrogens with zero attached hydrogens (tertiary/aromatic N) is 1. The van der Waals surface area contributed by atoms with Gasteiger partial charge in [-0.3, -0.25) is 4.98 Å². The fourth-order valence-corrected chi connectivity index (χ4v) is 2.62. The average Bonchev–Trinajstić information content (AvgIpc) is 2.60. The van der Waals surface area contributed by atoms with Crippen LogP contribution in [0.5, 0.6) is 17.2 Å². The fourth-order valence-electron chi connectivity index (χ4n) is 2.62. The Morgan fingerprint density at radius 3 is 2.39 bits per heavy atom. The lowest BCUT2D eigenvalue weighted by Crippen LogP contribution is -2.05. The molecule has 5 heteroatoms. The van der Waals surface area contributed by atoms with Gasteiger partial charge >= 0.3 is 0 Å². The number of nitrogens with two attached hydrogens (primary N) is 1. The average molecular weight is 316 g/mol. The van der Waals surface area contributed by atoms with Gasteiger partial charge in [-0.2, -0.15) is 0 Å². The van der Waals surface area contributed by atoms with E-state index in [9.17, 15) is 0 Å². The minimum Gasteiger partial charge on any atom is -0.493 e. The minimum absolute atomic E-state index is 0.360. The molecule has 1 unspecified atom stereocenters. The largest absolute Gasteiger partial charge is 0.493 e. The predicted molar refractivity (Wildman–Crippen MR) is 91.4 cm³/mol. The van der Waals surface area contributed by atoms with E-state index in [0.29, 0.717) is 29.7 Å². The molecule has 0 saturated carbocycles. The summed E-state index contributed by atoms with van der Waals surface area (Å²) in [4.78, 5) is 4.37. The van der Waals surface area contributed by atoms with Crippen molar-refractivity contribution in [3.05, 3.63) is 36.2 Å². The van der Waals surface area contributed by atoms with E-state index in [1.54, 1.807) is 21.3 Å². The lowest BCUT2D eigenvalue weighted by Gasteiger charge is -2.17. The maximum Gasteiger partial charge on any atom is 0.203 e. The second kappa shape index (κ2) is 7.83. The highest BCUT2D eigenvalue weighted by Crippen LogP contribution is 2.44. The van der Waals surface area contributed by atoms with Crippen molar-refractivity contribution >= 4 is 0 Å². The number of methoxy groups -OCH3 is 3. The van der Waals surface area contributed by atoms with Crippen LogP contribution in [-0.4, -0.2) is 32.9 Å². The molecule has 0 spiro atoms. The molecule has 0 aliphatic heterocycles. The molecule has 124 valence electrons. The highest BCUT2D eigenvalue weighted by Gasteiger charge is 2.18. The minimum atomic E-state index is 0.360. The van der Waals surface area contributed by atoms with Gasteiger partial charge in [-0.15, -0.1) is 0 Å². The summed E-state index contributed by atoms with van der Waals surface area (Å²) in [6.07, 6.45) is 4.63. The van der Waals surface area contributed by atoms with Crippen LogP contribution in [0, 0.1) is 0 Å². The van der Waals surface area contributed by atoms with Crippen molar-refractivity contribution in [3.63, 3.8) is 0 Å². The second-order valence-corrected chi connectivity index (χ2v) is 5.37. The zero-order valence-electron chi connectivity index (χ0n) is 14.1. The van der Waals surface area contributed by atoms with E-state index < -0.39 is 0 Å². The van der Waals surface area contributed by atoms with Gasteiger partial charge in [0, 0.05) is 23.5 Å². The number of rotatable bonds is 7. The molecule has 1 atom stereocenters. The van der Waals surface area contributed by atoms with E-state index in [4.69, 9.17) is 19.9 Å². The van der Waals surface area contributed by atoms with Crippen molar-refractivity contribution in [1.29, 1.82) is 0 Å². The topological polar surface area (TPSA) is 66.6 Å². The van der Waals surface area contributed by atoms with Crippen LogP contribution in [0.3, 0.4) is 0 Å². The molecule has 0 fully saturated rings. The molecular formula is C18H24N2O3. The van der Waals surface area contributed by atoms with Gasteiger partial charge in [-0.05, 0) is 42.6 Å². The Hall–Kier alpha value is -2.27. The molecule has 2 aromatic rings. The molecule has 0 saturated heterocycles. The van der Waals surface area contributed by atoms with Gasteiger partial charge in [0.25, 0.3) is 0 Å². The zero-order valence-corrected chi connectivity index (χ0v) is 14.1.